The standard InChI is InChI=1S/C23H34N2O3/c1-3-4-5-6-7-8-9-12-15-25-17-19(20-13-10-11-14-22(20)25)16-21(23(27)28)24-18(2)26/h10-11,13-14,17,21H,3-9,12,15-16H2,1-2H3,(H,24,26)(H,27,28). The average Bonchev–Trinajstić information content (AvgIpc) is 3.01. The van der Waals surface area contributed by atoms with Gasteiger partial charge in [0.15, 0.2) is 0 Å². The summed E-state index contributed by atoms with van der Waals surface area (Å²) in [4.78, 5) is 22.8. The van der Waals surface area contributed by atoms with Crippen molar-refractivity contribution in [3.05, 3.63) is 36.0 Å². The molecule has 0 radical (unpaired) electrons. The zero-order valence-electron chi connectivity index (χ0n) is 17.2. The molecule has 2 N–H and O–H groups in total. The van der Waals surface area contributed by atoms with Gasteiger partial charge in [0.05, 0.1) is 0 Å². The number of benzene rings is 1. The molecule has 28 heavy (non-hydrogen) atoms. The van der Waals surface area contributed by atoms with Crippen molar-refractivity contribution in [1.29, 1.82) is 0 Å². The summed E-state index contributed by atoms with van der Waals surface area (Å²) < 4.78 is 2.23. The van der Waals surface area contributed by atoms with Crippen LogP contribution in [0.1, 0.15) is 70.8 Å². The van der Waals surface area contributed by atoms with Gasteiger partial charge in [0.1, 0.15) is 6.04 Å². The quantitative estimate of drug-likeness (QED) is 0.480. The summed E-state index contributed by atoms with van der Waals surface area (Å²) in [5, 5.41) is 13.0. The number of amides is 1. The number of carbonyl (C=O) groups excluding carboxylic acids is 1. The number of hydrogen-bond acceptors (Lipinski definition) is 2. The Hall–Kier alpha value is -2.30. The van der Waals surface area contributed by atoms with Crippen LogP contribution in [0.2, 0.25) is 0 Å². The number of nitrogens with zero attached hydrogens (tertiary/aromatic N) is 1. The third kappa shape index (κ3) is 6.70. The van der Waals surface area contributed by atoms with E-state index in [1.165, 1.54) is 51.9 Å². The zero-order chi connectivity index (χ0) is 20.4. The van der Waals surface area contributed by atoms with Gasteiger partial charge in [-0.15, -0.1) is 0 Å². The smallest absolute Gasteiger partial charge is 0.326 e. The maximum absolute atomic E-state index is 11.5. The molecule has 0 saturated carbocycles. The highest BCUT2D eigenvalue weighted by molar-refractivity contribution is 5.86. The summed E-state index contributed by atoms with van der Waals surface area (Å²) in [5.74, 6) is -1.33. The highest BCUT2D eigenvalue weighted by atomic mass is 16.4. The van der Waals surface area contributed by atoms with Crippen LogP contribution in [0, 0.1) is 0 Å². The number of hydrogen-bond donors (Lipinski definition) is 2. The molecule has 0 aliphatic heterocycles. The molecule has 5 heteroatoms. The second-order valence-corrected chi connectivity index (χ2v) is 7.64. The molecule has 5 nitrogen and oxygen atoms in total. The normalized spacial score (nSPS) is 12.2. The molecule has 0 fully saturated rings. The van der Waals surface area contributed by atoms with E-state index in [-0.39, 0.29) is 5.91 Å². The lowest BCUT2D eigenvalue weighted by atomic mass is 10.1. The number of aromatic nitrogens is 1. The SMILES string of the molecule is CCCCCCCCCCn1cc(CC(NC(C)=O)C(=O)O)c2ccccc21. The van der Waals surface area contributed by atoms with Crippen LogP contribution in [0.5, 0.6) is 0 Å². The molecule has 1 aromatic heterocycles. The minimum Gasteiger partial charge on any atom is -0.480 e. The molecular formula is C23H34N2O3. The summed E-state index contributed by atoms with van der Waals surface area (Å²) >= 11 is 0. The van der Waals surface area contributed by atoms with E-state index in [2.05, 4.69) is 29.1 Å². The van der Waals surface area contributed by atoms with E-state index >= 15 is 0 Å². The first-order valence-electron chi connectivity index (χ1n) is 10.6. The first-order chi connectivity index (χ1) is 13.5. The van der Waals surface area contributed by atoms with Crippen molar-refractivity contribution >= 4 is 22.8 Å². The van der Waals surface area contributed by atoms with Crippen LogP contribution in [0.25, 0.3) is 10.9 Å². The van der Waals surface area contributed by atoms with Crippen molar-refractivity contribution in [2.75, 3.05) is 0 Å². The van der Waals surface area contributed by atoms with Gasteiger partial charge in [-0.25, -0.2) is 4.79 Å². The Kier molecular flexibility index (Phi) is 9.05. The fourth-order valence-corrected chi connectivity index (χ4v) is 3.75. The number of carboxylic acid groups (broad SMARTS) is 1. The molecule has 2 rings (SSSR count). The molecule has 2 aromatic rings. The molecular weight excluding hydrogens is 352 g/mol. The molecule has 1 aromatic carbocycles. The predicted molar refractivity (Wildman–Crippen MR) is 113 cm³/mol. The van der Waals surface area contributed by atoms with Crippen LogP contribution in [0.3, 0.4) is 0 Å². The Bertz CT molecular complexity index is 766. The highest BCUT2D eigenvalue weighted by Crippen LogP contribution is 2.23. The van der Waals surface area contributed by atoms with E-state index in [0.29, 0.717) is 6.42 Å². The summed E-state index contributed by atoms with van der Waals surface area (Å²) in [6, 6.07) is 7.19. The Morgan fingerprint density at radius 1 is 1.04 bits per heavy atom. The van der Waals surface area contributed by atoms with E-state index in [0.717, 1.165) is 29.4 Å². The molecule has 0 spiro atoms. The number of carboxylic acids is 1. The second kappa shape index (κ2) is 11.5. The molecule has 1 atom stereocenters. The van der Waals surface area contributed by atoms with Gasteiger partial charge in [-0.3, -0.25) is 4.79 Å². The Morgan fingerprint density at radius 2 is 1.68 bits per heavy atom. The van der Waals surface area contributed by atoms with Crippen molar-refractivity contribution in [3.63, 3.8) is 0 Å². The molecule has 1 heterocycles. The second-order valence-electron chi connectivity index (χ2n) is 7.64. The van der Waals surface area contributed by atoms with E-state index in [1.54, 1.807) is 0 Å². The lowest BCUT2D eigenvalue weighted by molar-refractivity contribution is -0.141. The first kappa shape index (κ1) is 22.0. The minimum atomic E-state index is -1.00. The van der Waals surface area contributed by atoms with Crippen molar-refractivity contribution in [2.45, 2.75) is 84.2 Å². The molecule has 154 valence electrons. The van der Waals surface area contributed by atoms with Crippen LogP contribution >= 0.6 is 0 Å². The minimum absolute atomic E-state index is 0.292. The van der Waals surface area contributed by atoms with Crippen molar-refractivity contribution in [1.82, 2.24) is 9.88 Å². The number of para-hydroxylation sites is 1. The molecule has 0 aliphatic rings. The molecule has 1 unspecified atom stereocenters. The lowest BCUT2D eigenvalue weighted by Crippen LogP contribution is -2.41. The van der Waals surface area contributed by atoms with Crippen LogP contribution in [0.15, 0.2) is 30.5 Å². The topological polar surface area (TPSA) is 71.3 Å². The van der Waals surface area contributed by atoms with Crippen LogP contribution < -0.4 is 5.32 Å². The third-order valence-corrected chi connectivity index (χ3v) is 5.22. The average molecular weight is 387 g/mol. The van der Waals surface area contributed by atoms with Crippen LogP contribution in [-0.2, 0) is 22.6 Å². The van der Waals surface area contributed by atoms with Gasteiger partial charge in [-0.2, -0.15) is 0 Å². The highest BCUT2D eigenvalue weighted by Gasteiger charge is 2.21. The largest absolute Gasteiger partial charge is 0.480 e. The number of unbranched alkanes of at least 4 members (excludes halogenated alkanes) is 7. The predicted octanol–water partition coefficient (Wildman–Crippen LogP) is 4.91. The van der Waals surface area contributed by atoms with E-state index in [4.69, 9.17) is 0 Å². The van der Waals surface area contributed by atoms with E-state index < -0.39 is 12.0 Å². The number of aryl methyl sites for hydroxylation is 1. The number of nitrogens with one attached hydrogen (secondary N) is 1. The van der Waals surface area contributed by atoms with Crippen LogP contribution in [-0.4, -0.2) is 27.6 Å². The lowest BCUT2D eigenvalue weighted by Gasteiger charge is -2.12. The number of aliphatic carboxylic acids is 1. The molecule has 0 aliphatic carbocycles. The van der Waals surface area contributed by atoms with E-state index in [1.807, 2.05) is 18.2 Å². The van der Waals surface area contributed by atoms with Crippen LogP contribution in [0.4, 0.5) is 0 Å². The van der Waals surface area contributed by atoms with Crippen molar-refractivity contribution < 1.29 is 14.7 Å². The first-order valence-corrected chi connectivity index (χ1v) is 10.6. The Labute approximate surface area is 168 Å². The van der Waals surface area contributed by atoms with Crippen molar-refractivity contribution in [2.24, 2.45) is 0 Å². The number of rotatable bonds is 13. The molecule has 0 bridgehead atoms. The third-order valence-electron chi connectivity index (χ3n) is 5.22. The number of fused-ring (bicyclic) bond motifs is 1. The number of carbonyl (C=O) groups is 2. The van der Waals surface area contributed by atoms with Gasteiger partial charge in [0.2, 0.25) is 5.91 Å². The summed E-state index contributed by atoms with van der Waals surface area (Å²) in [7, 11) is 0. The van der Waals surface area contributed by atoms with Gasteiger partial charge in [-0.05, 0) is 18.1 Å². The monoisotopic (exact) mass is 386 g/mol. The fraction of sp³-hybridized carbons (Fsp3) is 0.565. The summed E-state index contributed by atoms with van der Waals surface area (Å²) in [6.45, 7) is 4.53. The van der Waals surface area contributed by atoms with Gasteiger partial charge in [0.25, 0.3) is 0 Å². The maximum Gasteiger partial charge on any atom is 0.326 e. The molecule has 1 amide bonds. The summed E-state index contributed by atoms with van der Waals surface area (Å²) in [5.41, 5.74) is 2.10. The molecule has 0 saturated heterocycles. The van der Waals surface area contributed by atoms with Gasteiger partial charge in [-0.1, -0.05) is 70.1 Å². The van der Waals surface area contributed by atoms with Gasteiger partial charge >= 0.3 is 5.97 Å². The zero-order valence-corrected chi connectivity index (χ0v) is 17.2. The Balaban J connectivity index is 1.97. The fourth-order valence-electron chi connectivity index (χ4n) is 3.75. The Morgan fingerprint density at radius 3 is 2.32 bits per heavy atom. The summed E-state index contributed by atoms with van der Waals surface area (Å²) in [6.07, 6.45) is 12.6. The van der Waals surface area contributed by atoms with Gasteiger partial charge < -0.3 is 15.0 Å². The van der Waals surface area contributed by atoms with Crippen molar-refractivity contribution in [3.8, 4) is 0 Å². The maximum atomic E-state index is 11.5. The van der Waals surface area contributed by atoms with Gasteiger partial charge in [0, 0.05) is 37.0 Å². The van der Waals surface area contributed by atoms with E-state index in [9.17, 15) is 14.7 Å².